The fraction of sp³-hybridized carbons (Fsp3) is 0.417. The first-order valence-electron chi connectivity index (χ1n) is 11.0. The molecule has 1 aliphatic rings. The Morgan fingerprint density at radius 2 is 1.91 bits per heavy atom. The van der Waals surface area contributed by atoms with E-state index < -0.39 is 0 Å². The van der Waals surface area contributed by atoms with Gasteiger partial charge in [0.25, 0.3) is 0 Å². The molecule has 0 saturated carbocycles. The fourth-order valence-electron chi connectivity index (χ4n) is 3.85. The van der Waals surface area contributed by atoms with Crippen LogP contribution in [0.2, 0.25) is 0 Å². The summed E-state index contributed by atoms with van der Waals surface area (Å²) in [5.74, 6) is 6.11. The average molecular weight is 455 g/mol. The average Bonchev–Trinajstić information content (AvgIpc) is 2.75. The van der Waals surface area contributed by atoms with Crippen LogP contribution in [0.3, 0.4) is 0 Å². The Morgan fingerprint density at radius 1 is 1.19 bits per heavy atom. The third kappa shape index (κ3) is 6.72. The number of hydrogen-bond donors (Lipinski definition) is 5. The Labute approximate surface area is 194 Å². The van der Waals surface area contributed by atoms with Gasteiger partial charge in [-0.25, -0.2) is 11.4 Å². The Kier molecular flexibility index (Phi) is 8.17. The summed E-state index contributed by atoms with van der Waals surface area (Å²) in [5.41, 5.74) is 11.8. The number of thioether (sulfide) groups is 1. The summed E-state index contributed by atoms with van der Waals surface area (Å²) in [6.45, 7) is 8.46. The highest BCUT2D eigenvalue weighted by molar-refractivity contribution is 8.00. The van der Waals surface area contributed by atoms with Gasteiger partial charge in [0, 0.05) is 21.6 Å². The van der Waals surface area contributed by atoms with Gasteiger partial charge >= 0.3 is 0 Å². The molecule has 2 aromatic rings. The van der Waals surface area contributed by atoms with Gasteiger partial charge < -0.3 is 16.4 Å². The van der Waals surface area contributed by atoms with Crippen molar-refractivity contribution in [3.63, 3.8) is 0 Å². The number of hydrazine groups is 1. The largest absolute Gasteiger partial charge is 0.382 e. The number of nitrogens with one attached hydrogen (secondary N) is 3. The van der Waals surface area contributed by atoms with E-state index in [4.69, 9.17) is 11.6 Å². The molecule has 1 aliphatic heterocycles. The number of nitrogens with zero attached hydrogens (tertiary/aromatic N) is 1. The SMILES string of the molecule is CC(C)(C)Sc1ccc(-c2ccccc2/C(N)=N/NN)cc1NC(=O)CC1CCNCC1. The maximum Gasteiger partial charge on any atom is 0.224 e. The number of hydrogen-bond acceptors (Lipinski definition) is 6. The lowest BCUT2D eigenvalue weighted by Gasteiger charge is -2.23. The zero-order valence-electron chi connectivity index (χ0n) is 19.1. The van der Waals surface area contributed by atoms with Gasteiger partial charge in [0.05, 0.1) is 5.69 Å². The Morgan fingerprint density at radius 3 is 2.59 bits per heavy atom. The lowest BCUT2D eigenvalue weighted by Crippen LogP contribution is -2.30. The number of amidine groups is 1. The number of nitrogens with two attached hydrogens (primary N) is 2. The van der Waals surface area contributed by atoms with Crippen LogP contribution in [0.5, 0.6) is 0 Å². The summed E-state index contributed by atoms with van der Waals surface area (Å²) in [6.07, 6.45) is 2.63. The molecule has 1 fully saturated rings. The van der Waals surface area contributed by atoms with E-state index in [2.05, 4.69) is 54.2 Å². The van der Waals surface area contributed by atoms with Gasteiger partial charge in [0.1, 0.15) is 0 Å². The van der Waals surface area contributed by atoms with Crippen LogP contribution in [-0.4, -0.2) is 29.6 Å². The molecule has 0 spiro atoms. The van der Waals surface area contributed by atoms with E-state index in [-0.39, 0.29) is 10.7 Å². The number of piperidine rings is 1. The van der Waals surface area contributed by atoms with Crippen molar-refractivity contribution in [1.82, 2.24) is 10.9 Å². The van der Waals surface area contributed by atoms with E-state index in [0.717, 1.165) is 53.2 Å². The fourth-order valence-corrected chi connectivity index (χ4v) is 4.87. The lowest BCUT2D eigenvalue weighted by atomic mass is 9.94. The molecule has 0 aromatic heterocycles. The van der Waals surface area contributed by atoms with Crippen LogP contribution < -0.4 is 27.7 Å². The molecule has 0 bridgehead atoms. The van der Waals surface area contributed by atoms with Crippen molar-refractivity contribution >= 4 is 29.2 Å². The van der Waals surface area contributed by atoms with Crippen molar-refractivity contribution in [2.24, 2.45) is 22.6 Å². The van der Waals surface area contributed by atoms with Crippen molar-refractivity contribution in [2.75, 3.05) is 18.4 Å². The highest BCUT2D eigenvalue weighted by atomic mass is 32.2. The number of carbonyl (C=O) groups excluding carboxylic acids is 1. The number of amides is 1. The number of benzene rings is 2. The van der Waals surface area contributed by atoms with Gasteiger partial charge in [-0.15, -0.1) is 16.9 Å². The summed E-state index contributed by atoms with van der Waals surface area (Å²) in [6, 6.07) is 13.9. The highest BCUT2D eigenvalue weighted by Crippen LogP contribution is 2.39. The van der Waals surface area contributed by atoms with Crippen molar-refractivity contribution < 1.29 is 4.79 Å². The predicted octanol–water partition coefficient (Wildman–Crippen LogP) is 3.66. The first kappa shape index (κ1) is 24.1. The molecule has 32 heavy (non-hydrogen) atoms. The molecule has 0 unspecified atom stereocenters. The quantitative estimate of drug-likeness (QED) is 0.143. The van der Waals surface area contributed by atoms with Crippen LogP contribution in [0.15, 0.2) is 52.5 Å². The van der Waals surface area contributed by atoms with Gasteiger partial charge in [-0.2, -0.15) is 0 Å². The number of anilines is 1. The van der Waals surface area contributed by atoms with E-state index in [0.29, 0.717) is 18.2 Å². The van der Waals surface area contributed by atoms with Crippen molar-refractivity contribution in [1.29, 1.82) is 0 Å². The number of carbonyl (C=O) groups is 1. The molecule has 0 radical (unpaired) electrons. The smallest absolute Gasteiger partial charge is 0.224 e. The third-order valence-electron chi connectivity index (χ3n) is 5.30. The minimum atomic E-state index is 0.0117. The molecule has 1 amide bonds. The van der Waals surface area contributed by atoms with Crippen LogP contribution in [0.25, 0.3) is 11.1 Å². The van der Waals surface area contributed by atoms with E-state index in [9.17, 15) is 4.79 Å². The standard InChI is InChI=1S/C24H34N6OS/c1-24(2,3)32-21-9-8-17(18-6-4-5-7-19(18)23(25)29-30-26)15-20(21)28-22(31)14-16-10-12-27-13-11-16/h4-9,15-16,27,30H,10-14,26H2,1-3H3,(H2,25,29)(H,28,31). The summed E-state index contributed by atoms with van der Waals surface area (Å²) in [7, 11) is 0. The van der Waals surface area contributed by atoms with Crippen LogP contribution >= 0.6 is 11.8 Å². The second-order valence-corrected chi connectivity index (χ2v) is 10.9. The molecule has 172 valence electrons. The van der Waals surface area contributed by atoms with Crippen LogP contribution in [0, 0.1) is 5.92 Å². The van der Waals surface area contributed by atoms with Crippen molar-refractivity contribution in [3.8, 4) is 11.1 Å². The Bertz CT molecular complexity index is 963. The normalized spacial score (nSPS) is 15.4. The predicted molar refractivity (Wildman–Crippen MR) is 134 cm³/mol. The molecule has 0 atom stereocenters. The summed E-state index contributed by atoms with van der Waals surface area (Å²) >= 11 is 1.74. The number of rotatable bonds is 7. The zero-order valence-corrected chi connectivity index (χ0v) is 19.9. The van der Waals surface area contributed by atoms with Gasteiger partial charge in [-0.05, 0) is 55.1 Å². The molecule has 8 heteroatoms. The van der Waals surface area contributed by atoms with Crippen molar-refractivity contribution in [3.05, 3.63) is 48.0 Å². The van der Waals surface area contributed by atoms with Gasteiger partial charge in [-0.3, -0.25) is 4.79 Å². The highest BCUT2D eigenvalue weighted by Gasteiger charge is 2.20. The molecule has 7 N–H and O–H groups in total. The van der Waals surface area contributed by atoms with E-state index in [1.165, 1.54) is 0 Å². The molecule has 3 rings (SSSR count). The Hall–Kier alpha value is -2.55. The van der Waals surface area contributed by atoms with Crippen LogP contribution in [0.4, 0.5) is 5.69 Å². The summed E-state index contributed by atoms with van der Waals surface area (Å²) in [5, 5.41) is 10.5. The topological polar surface area (TPSA) is 118 Å². The van der Waals surface area contributed by atoms with Crippen LogP contribution in [-0.2, 0) is 4.79 Å². The minimum absolute atomic E-state index is 0.0117. The van der Waals surface area contributed by atoms with Gasteiger partial charge in [-0.1, -0.05) is 51.1 Å². The second-order valence-electron chi connectivity index (χ2n) is 9.04. The summed E-state index contributed by atoms with van der Waals surface area (Å²) < 4.78 is 0.0117. The van der Waals surface area contributed by atoms with Gasteiger partial charge in [0.2, 0.25) is 5.91 Å². The Balaban J connectivity index is 1.93. The van der Waals surface area contributed by atoms with E-state index >= 15 is 0 Å². The molecule has 2 aromatic carbocycles. The minimum Gasteiger partial charge on any atom is -0.382 e. The molecule has 1 saturated heterocycles. The maximum atomic E-state index is 12.9. The number of hydrazone groups is 1. The zero-order chi connectivity index (χ0) is 23.1. The van der Waals surface area contributed by atoms with Crippen LogP contribution in [0.1, 0.15) is 45.6 Å². The van der Waals surface area contributed by atoms with Crippen molar-refractivity contribution in [2.45, 2.75) is 49.7 Å². The van der Waals surface area contributed by atoms with E-state index in [1.807, 2.05) is 30.3 Å². The molecular formula is C24H34N6OS. The first-order chi connectivity index (χ1) is 15.3. The molecule has 7 nitrogen and oxygen atoms in total. The maximum absolute atomic E-state index is 12.9. The molecule has 1 heterocycles. The summed E-state index contributed by atoms with van der Waals surface area (Å²) in [4.78, 5) is 13.9. The monoisotopic (exact) mass is 454 g/mol. The third-order valence-corrected chi connectivity index (χ3v) is 6.49. The second kappa shape index (κ2) is 10.8. The first-order valence-corrected chi connectivity index (χ1v) is 11.8. The lowest BCUT2D eigenvalue weighted by molar-refractivity contribution is -0.117. The molecular weight excluding hydrogens is 420 g/mol. The van der Waals surface area contributed by atoms with E-state index in [1.54, 1.807) is 11.8 Å². The molecule has 0 aliphatic carbocycles. The van der Waals surface area contributed by atoms with Gasteiger partial charge in [0.15, 0.2) is 5.84 Å².